The van der Waals surface area contributed by atoms with Crippen molar-refractivity contribution in [3.8, 4) is 62.8 Å². The maximum atomic E-state index is 12.6. The van der Waals surface area contributed by atoms with Crippen molar-refractivity contribution in [2.75, 3.05) is 6.61 Å². The van der Waals surface area contributed by atoms with Crippen molar-refractivity contribution in [2.24, 2.45) is 5.92 Å². The molecule has 1 unspecified atom stereocenters. The Balaban J connectivity index is 1.22. The van der Waals surface area contributed by atoms with Crippen LogP contribution in [0.5, 0.6) is 17.2 Å². The molecule has 12 heteroatoms. The lowest BCUT2D eigenvalue weighted by atomic mass is 9.85. The number of unbranched alkanes of at least 4 members (excludes halogenated alkanes) is 1. The van der Waals surface area contributed by atoms with Gasteiger partial charge in [-0.2, -0.15) is 0 Å². The van der Waals surface area contributed by atoms with E-state index in [2.05, 4.69) is 141 Å². The van der Waals surface area contributed by atoms with Crippen LogP contribution in [0.2, 0.25) is 0 Å². The Labute approximate surface area is 420 Å². The summed E-state index contributed by atoms with van der Waals surface area (Å²) in [6, 6.07) is 28.0. The van der Waals surface area contributed by atoms with Gasteiger partial charge in [-0.15, -0.1) is 0 Å². The number of rotatable bonds is 11. The fourth-order valence-electron chi connectivity index (χ4n) is 9.46. The van der Waals surface area contributed by atoms with E-state index < -0.39 is 0 Å². The molecule has 0 radical (unpaired) electrons. The van der Waals surface area contributed by atoms with E-state index in [9.17, 15) is 9.59 Å². The molecule has 2 aliphatic heterocycles. The summed E-state index contributed by atoms with van der Waals surface area (Å²) in [5.41, 5.74) is 9.23. The monoisotopic (exact) mass is 958 g/mol. The molecule has 72 heavy (non-hydrogen) atoms. The third-order valence-corrected chi connectivity index (χ3v) is 14.0. The Bertz CT molecular complexity index is 3640. The van der Waals surface area contributed by atoms with E-state index >= 15 is 0 Å². The minimum Gasteiger partial charge on any atom is -0.493 e. The fourth-order valence-corrected chi connectivity index (χ4v) is 9.46. The molecule has 10 rings (SSSR count). The minimum absolute atomic E-state index is 0.117. The van der Waals surface area contributed by atoms with Gasteiger partial charge in [0, 0.05) is 43.8 Å². The second-order valence-electron chi connectivity index (χ2n) is 22.3. The van der Waals surface area contributed by atoms with Crippen LogP contribution in [0.4, 0.5) is 0 Å². The molecule has 0 saturated carbocycles. The van der Waals surface area contributed by atoms with Crippen LogP contribution in [0.15, 0.2) is 84.9 Å². The van der Waals surface area contributed by atoms with Gasteiger partial charge in [0.25, 0.3) is 0 Å². The molecule has 8 bridgehead atoms. The van der Waals surface area contributed by atoms with Gasteiger partial charge in [-0.05, 0) is 93.8 Å². The molecular weight excluding hydrogens is 897 g/mol. The number of nitrogens with one attached hydrogen (secondary N) is 2. The lowest BCUT2D eigenvalue weighted by Gasteiger charge is -2.19. The van der Waals surface area contributed by atoms with Crippen LogP contribution in [-0.2, 0) is 16.2 Å². The number of benzene rings is 5. The van der Waals surface area contributed by atoms with Crippen LogP contribution in [-0.4, -0.2) is 59.1 Å². The molecule has 0 amide bonds. The number of carbonyl (C=O) groups excluding carboxylic acids is 2. The van der Waals surface area contributed by atoms with Crippen molar-refractivity contribution in [3.63, 3.8) is 0 Å². The highest BCUT2D eigenvalue weighted by molar-refractivity contribution is 6.07. The summed E-state index contributed by atoms with van der Waals surface area (Å²) < 4.78 is 12.7. The van der Waals surface area contributed by atoms with Crippen molar-refractivity contribution in [3.05, 3.63) is 113 Å². The van der Waals surface area contributed by atoms with E-state index in [0.717, 1.165) is 87.8 Å². The molecule has 0 fully saturated rings. The highest BCUT2D eigenvalue weighted by Crippen LogP contribution is 2.42. The predicted octanol–water partition coefficient (Wildman–Crippen LogP) is 14.8. The SMILES string of the molecule is CCCCC(CC)COc1cc(C=O)c(Oc2ccc3c4nc5nc(nc6[nH]c(nc7nc(nc([nH]4)c3c2)-c2ccc(C(C)(C)C)cc2-7)c2ccc(C(C)(C)C)cc62)-c2ccc(C(C)(C)C)cc2-5)cc1C=O. The van der Waals surface area contributed by atoms with E-state index in [0.29, 0.717) is 80.9 Å². The number of hydrogen-bond donors (Lipinski definition) is 2. The Morgan fingerprint density at radius 2 is 0.944 bits per heavy atom. The Hall–Kier alpha value is -7.60. The number of aromatic nitrogens is 8. The van der Waals surface area contributed by atoms with E-state index in [4.69, 9.17) is 39.4 Å². The van der Waals surface area contributed by atoms with Crippen molar-refractivity contribution in [1.29, 1.82) is 0 Å². The van der Waals surface area contributed by atoms with E-state index in [1.807, 2.05) is 18.2 Å². The summed E-state index contributed by atoms with van der Waals surface area (Å²) in [5.74, 6) is 3.33. The Kier molecular flexibility index (Phi) is 12.2. The first kappa shape index (κ1) is 48.0. The number of carbonyl (C=O) groups is 2. The molecular formula is C60H62N8O4. The molecule has 2 aliphatic rings. The zero-order chi connectivity index (χ0) is 50.9. The van der Waals surface area contributed by atoms with Crippen LogP contribution in [0.3, 0.4) is 0 Å². The number of nitrogens with zero attached hydrogens (tertiary/aromatic N) is 6. The summed E-state index contributed by atoms with van der Waals surface area (Å²) in [7, 11) is 0. The number of ether oxygens (including phenoxy) is 2. The van der Waals surface area contributed by atoms with E-state index in [1.54, 1.807) is 12.1 Å². The highest BCUT2D eigenvalue weighted by atomic mass is 16.5. The standard InChI is InChI=1S/C60H62N8O4/c1-12-14-15-33(13-2)32-71-48-24-35(31-70)49(25-34(48)30-69)72-39-19-23-43-47(29-39)57-67-52-42-22-18-38(60(9,10)11)28-46(42)55(65-52)63-50-40-20-16-36(58(3,4)5)26-44(40)54(61-50)62-51-41-21-17-37(59(6,7)8)27-45(41)56(64-51)66-53(43)68-57/h16-31,33H,12-15,32H2,1-11H3,(H2,61,62,63,64,65,66,67,68). The van der Waals surface area contributed by atoms with Crippen LogP contribution >= 0.6 is 0 Å². The van der Waals surface area contributed by atoms with Crippen molar-refractivity contribution < 1.29 is 19.1 Å². The third kappa shape index (κ3) is 9.03. The van der Waals surface area contributed by atoms with Gasteiger partial charge in [0.1, 0.15) is 39.8 Å². The van der Waals surface area contributed by atoms with Crippen LogP contribution < -0.4 is 9.47 Å². The smallest absolute Gasteiger partial charge is 0.164 e. The van der Waals surface area contributed by atoms with Crippen LogP contribution in [0, 0.1) is 5.92 Å². The summed E-state index contributed by atoms with van der Waals surface area (Å²) in [5, 5.41) is 3.26. The Morgan fingerprint density at radius 3 is 1.44 bits per heavy atom. The number of aromatic amines is 2. The maximum absolute atomic E-state index is 12.6. The molecule has 5 heterocycles. The van der Waals surface area contributed by atoms with Gasteiger partial charge >= 0.3 is 0 Å². The molecule has 0 spiro atoms. The highest BCUT2D eigenvalue weighted by Gasteiger charge is 2.27. The quantitative estimate of drug-likeness (QED) is 0.119. The summed E-state index contributed by atoms with van der Waals surface area (Å²) in [6.07, 6.45) is 5.63. The van der Waals surface area contributed by atoms with Gasteiger partial charge in [0.2, 0.25) is 0 Å². The lowest BCUT2D eigenvalue weighted by molar-refractivity contribution is 0.110. The largest absolute Gasteiger partial charge is 0.493 e. The molecule has 0 aliphatic carbocycles. The van der Waals surface area contributed by atoms with Gasteiger partial charge in [0.05, 0.1) is 17.7 Å². The predicted molar refractivity (Wildman–Crippen MR) is 288 cm³/mol. The van der Waals surface area contributed by atoms with E-state index in [-0.39, 0.29) is 27.6 Å². The molecule has 3 aromatic heterocycles. The summed E-state index contributed by atoms with van der Waals surface area (Å²) in [4.78, 5) is 63.9. The summed E-state index contributed by atoms with van der Waals surface area (Å²) in [6.45, 7) is 24.5. The first-order valence-electron chi connectivity index (χ1n) is 25.1. The molecule has 2 N–H and O–H groups in total. The van der Waals surface area contributed by atoms with E-state index in [1.165, 1.54) is 5.56 Å². The van der Waals surface area contributed by atoms with Crippen LogP contribution in [0.25, 0.3) is 89.7 Å². The lowest BCUT2D eigenvalue weighted by Crippen LogP contribution is -2.12. The van der Waals surface area contributed by atoms with Crippen molar-refractivity contribution in [1.82, 2.24) is 39.9 Å². The average Bonchev–Trinajstić information content (AvgIpc) is 4.08. The zero-order valence-corrected chi connectivity index (χ0v) is 43.2. The van der Waals surface area contributed by atoms with Gasteiger partial charge < -0.3 is 19.4 Å². The molecule has 1 atom stereocenters. The van der Waals surface area contributed by atoms with Crippen molar-refractivity contribution >= 4 is 56.7 Å². The second-order valence-corrected chi connectivity index (χ2v) is 22.3. The zero-order valence-electron chi connectivity index (χ0n) is 43.2. The summed E-state index contributed by atoms with van der Waals surface area (Å²) >= 11 is 0. The number of aldehydes is 2. The number of fused-ring (bicyclic) bond motifs is 20. The number of H-pyrrole nitrogens is 2. The van der Waals surface area contributed by atoms with Gasteiger partial charge in [0.15, 0.2) is 35.9 Å². The first-order valence-corrected chi connectivity index (χ1v) is 25.1. The van der Waals surface area contributed by atoms with Gasteiger partial charge in [-0.1, -0.05) is 132 Å². The normalized spacial score (nSPS) is 13.0. The Morgan fingerprint density at radius 1 is 0.500 bits per heavy atom. The van der Waals surface area contributed by atoms with Crippen LogP contribution in [0.1, 0.15) is 139 Å². The molecule has 5 aromatic carbocycles. The molecule has 12 nitrogen and oxygen atoms in total. The molecule has 0 saturated heterocycles. The number of hydrogen-bond acceptors (Lipinski definition) is 10. The average molecular weight is 959 g/mol. The minimum atomic E-state index is -0.149. The molecule has 366 valence electrons. The maximum Gasteiger partial charge on any atom is 0.164 e. The van der Waals surface area contributed by atoms with Crippen molar-refractivity contribution in [2.45, 2.75) is 118 Å². The first-order chi connectivity index (χ1) is 34.3. The third-order valence-electron chi connectivity index (χ3n) is 14.0. The molecule has 8 aromatic rings. The van der Waals surface area contributed by atoms with Gasteiger partial charge in [-0.25, -0.2) is 29.9 Å². The topological polar surface area (TPSA) is 162 Å². The second kappa shape index (κ2) is 18.2. The fraction of sp³-hybridized carbons (Fsp3) is 0.333. The van der Waals surface area contributed by atoms with Gasteiger partial charge in [-0.3, -0.25) is 9.59 Å².